The molecule has 1 aromatic carbocycles. The van der Waals surface area contributed by atoms with Gasteiger partial charge in [-0.25, -0.2) is 9.78 Å². The molecule has 1 aliphatic rings. The number of nitrogens with two attached hydrogens (primary N) is 1. The van der Waals surface area contributed by atoms with Gasteiger partial charge in [-0.2, -0.15) is 0 Å². The van der Waals surface area contributed by atoms with Crippen LogP contribution in [0.4, 0.5) is 5.82 Å². The summed E-state index contributed by atoms with van der Waals surface area (Å²) in [6.45, 7) is 1.89. The maximum Gasteiger partial charge on any atom is 0.374 e. The van der Waals surface area contributed by atoms with E-state index in [-0.39, 0.29) is 29.4 Å². The van der Waals surface area contributed by atoms with Crippen LogP contribution in [0.2, 0.25) is 0 Å². The van der Waals surface area contributed by atoms with Crippen LogP contribution in [0.15, 0.2) is 29.1 Å². The van der Waals surface area contributed by atoms with Crippen molar-refractivity contribution in [1.82, 2.24) is 19.9 Å². The highest BCUT2D eigenvalue weighted by atomic mass is 16.5. The lowest BCUT2D eigenvalue weighted by Crippen LogP contribution is -2.24. The van der Waals surface area contributed by atoms with Gasteiger partial charge in [-0.1, -0.05) is 0 Å². The first-order chi connectivity index (χ1) is 12.9. The van der Waals surface area contributed by atoms with Crippen molar-refractivity contribution in [3.05, 3.63) is 51.6 Å². The highest BCUT2D eigenvalue weighted by molar-refractivity contribution is 6.23. The first-order valence-electron chi connectivity index (χ1n) is 7.99. The van der Waals surface area contributed by atoms with Gasteiger partial charge in [0.15, 0.2) is 0 Å². The summed E-state index contributed by atoms with van der Waals surface area (Å²) in [6, 6.07) is 5.78. The Morgan fingerprint density at radius 1 is 1.22 bits per heavy atom. The summed E-state index contributed by atoms with van der Waals surface area (Å²) in [6.07, 6.45) is 0. The molecule has 2 amide bonds. The van der Waals surface area contributed by atoms with E-state index in [2.05, 4.69) is 15.3 Å². The summed E-state index contributed by atoms with van der Waals surface area (Å²) in [5.74, 6) is -2.03. The predicted molar refractivity (Wildman–Crippen MR) is 93.9 cm³/mol. The molecule has 1 aliphatic heterocycles. The van der Waals surface area contributed by atoms with Crippen molar-refractivity contribution in [3.8, 4) is 5.69 Å². The van der Waals surface area contributed by atoms with Crippen molar-refractivity contribution in [2.24, 2.45) is 0 Å². The van der Waals surface area contributed by atoms with Crippen molar-refractivity contribution in [1.29, 1.82) is 0 Å². The van der Waals surface area contributed by atoms with Crippen LogP contribution in [-0.2, 0) is 4.74 Å². The van der Waals surface area contributed by atoms with Crippen LogP contribution >= 0.6 is 0 Å². The molecule has 0 saturated carbocycles. The quantitative estimate of drug-likeness (QED) is 0.447. The molecule has 10 heteroatoms. The number of carbonyl (C=O) groups is 3. The molecule has 4 rings (SSSR count). The number of H-pyrrole nitrogens is 1. The first-order valence-corrected chi connectivity index (χ1v) is 7.99. The summed E-state index contributed by atoms with van der Waals surface area (Å²) in [4.78, 5) is 54.9. The van der Waals surface area contributed by atoms with Crippen LogP contribution < -0.4 is 16.6 Å². The summed E-state index contributed by atoms with van der Waals surface area (Å²) in [7, 11) is 0. The van der Waals surface area contributed by atoms with Crippen molar-refractivity contribution in [3.63, 3.8) is 0 Å². The third kappa shape index (κ3) is 2.46. The minimum absolute atomic E-state index is 0.0308. The number of aromatic amines is 1. The van der Waals surface area contributed by atoms with Crippen LogP contribution in [0.3, 0.4) is 0 Å². The van der Waals surface area contributed by atoms with E-state index >= 15 is 0 Å². The van der Waals surface area contributed by atoms with Gasteiger partial charge < -0.3 is 15.5 Å². The second-order valence-electron chi connectivity index (χ2n) is 5.78. The van der Waals surface area contributed by atoms with E-state index in [1.54, 1.807) is 25.1 Å². The van der Waals surface area contributed by atoms with E-state index in [1.807, 2.05) is 0 Å². The number of hydrogen-bond acceptors (Lipinski definition) is 7. The second kappa shape index (κ2) is 5.80. The Morgan fingerprint density at radius 3 is 2.74 bits per heavy atom. The predicted octanol–water partition coefficient (Wildman–Crippen LogP) is 0.356. The molecule has 0 radical (unpaired) electrons. The van der Waals surface area contributed by atoms with Crippen molar-refractivity contribution < 1.29 is 19.1 Å². The van der Waals surface area contributed by atoms with Gasteiger partial charge in [-0.15, -0.1) is 0 Å². The number of carbonyl (C=O) groups excluding carboxylic acids is 3. The van der Waals surface area contributed by atoms with Crippen LogP contribution in [0.25, 0.3) is 16.7 Å². The molecule has 0 fully saturated rings. The van der Waals surface area contributed by atoms with Gasteiger partial charge in [0.05, 0.1) is 34.5 Å². The first kappa shape index (κ1) is 16.5. The molecule has 3 heterocycles. The highest BCUT2D eigenvalue weighted by Gasteiger charge is 2.31. The molecule has 10 nitrogen and oxygen atoms in total. The molecule has 3 aromatic rings. The SMILES string of the molecule is CCOC(=O)c1nc2ccc(-n3c(N)c4c(cc3=O)C(=O)NC4=O)cc2[nH]1. The molecule has 0 saturated heterocycles. The maximum atomic E-state index is 12.5. The minimum atomic E-state index is -0.659. The van der Waals surface area contributed by atoms with E-state index in [4.69, 9.17) is 10.5 Å². The number of fused-ring (bicyclic) bond motifs is 2. The third-order valence-electron chi connectivity index (χ3n) is 4.15. The minimum Gasteiger partial charge on any atom is -0.460 e. The Balaban J connectivity index is 1.87. The number of pyridine rings is 1. The Kier molecular flexibility index (Phi) is 3.55. The van der Waals surface area contributed by atoms with Gasteiger partial charge in [0.2, 0.25) is 5.82 Å². The average Bonchev–Trinajstić information content (AvgIpc) is 3.16. The maximum absolute atomic E-state index is 12.5. The van der Waals surface area contributed by atoms with Crippen LogP contribution in [-0.4, -0.2) is 38.9 Å². The van der Waals surface area contributed by atoms with Crippen molar-refractivity contribution in [2.45, 2.75) is 6.92 Å². The smallest absolute Gasteiger partial charge is 0.374 e. The van der Waals surface area contributed by atoms with E-state index in [0.29, 0.717) is 16.7 Å². The number of anilines is 1. The Morgan fingerprint density at radius 2 is 2.00 bits per heavy atom. The number of hydrogen-bond donors (Lipinski definition) is 3. The number of nitrogens with one attached hydrogen (secondary N) is 2. The van der Waals surface area contributed by atoms with Gasteiger partial charge in [0.1, 0.15) is 5.82 Å². The Bertz CT molecular complexity index is 1210. The van der Waals surface area contributed by atoms with Crippen LogP contribution in [0.5, 0.6) is 0 Å². The fourth-order valence-electron chi connectivity index (χ4n) is 2.98. The zero-order valence-electron chi connectivity index (χ0n) is 14.0. The summed E-state index contributed by atoms with van der Waals surface area (Å²) in [5, 5.41) is 2.11. The largest absolute Gasteiger partial charge is 0.460 e. The second-order valence-corrected chi connectivity index (χ2v) is 5.78. The van der Waals surface area contributed by atoms with Gasteiger partial charge in [-0.3, -0.25) is 24.3 Å². The standard InChI is InChI=1S/C17H13N5O5/c1-2-27-17(26)14-19-9-4-3-7(5-10(9)20-14)22-11(23)6-8-12(13(22)18)16(25)21-15(8)24/h3-6H,2,18H2,1H3,(H,19,20)(H,21,24,25). The molecule has 4 N–H and O–H groups in total. The number of imide groups is 1. The van der Waals surface area contributed by atoms with Crippen molar-refractivity contribution >= 4 is 34.6 Å². The van der Waals surface area contributed by atoms with E-state index in [0.717, 1.165) is 10.6 Å². The number of nitrogen functional groups attached to an aromatic ring is 1. The number of nitrogens with zero attached hydrogens (tertiary/aromatic N) is 2. The normalized spacial score (nSPS) is 12.9. The van der Waals surface area contributed by atoms with Crippen molar-refractivity contribution in [2.75, 3.05) is 12.3 Å². The molecular formula is C17H13N5O5. The molecule has 27 heavy (non-hydrogen) atoms. The number of amides is 2. The summed E-state index contributed by atoms with van der Waals surface area (Å²) < 4.78 is 6.01. The Hall–Kier alpha value is -3.95. The van der Waals surface area contributed by atoms with E-state index in [9.17, 15) is 19.2 Å². The molecular weight excluding hydrogens is 354 g/mol. The molecule has 0 bridgehead atoms. The topological polar surface area (TPSA) is 149 Å². The number of imidazole rings is 1. The molecule has 136 valence electrons. The van der Waals surface area contributed by atoms with Crippen LogP contribution in [0.1, 0.15) is 38.3 Å². The molecule has 0 atom stereocenters. The van der Waals surface area contributed by atoms with Gasteiger partial charge in [0.25, 0.3) is 17.4 Å². The van der Waals surface area contributed by atoms with Gasteiger partial charge in [-0.05, 0) is 25.1 Å². The van der Waals surface area contributed by atoms with E-state index in [1.165, 1.54) is 0 Å². The summed E-state index contributed by atoms with van der Waals surface area (Å²) >= 11 is 0. The van der Waals surface area contributed by atoms with Crippen LogP contribution in [0, 0.1) is 0 Å². The third-order valence-corrected chi connectivity index (χ3v) is 4.15. The van der Waals surface area contributed by atoms with Gasteiger partial charge >= 0.3 is 5.97 Å². The number of ether oxygens (including phenoxy) is 1. The number of esters is 1. The fourth-order valence-corrected chi connectivity index (χ4v) is 2.98. The average molecular weight is 367 g/mol. The lowest BCUT2D eigenvalue weighted by molar-refractivity contribution is 0.0513. The Labute approximate surface area is 150 Å². The number of rotatable bonds is 3. The molecule has 0 aliphatic carbocycles. The fraction of sp³-hybridized carbons (Fsp3) is 0.118. The molecule has 0 unspecified atom stereocenters. The number of benzene rings is 1. The lowest BCUT2D eigenvalue weighted by Gasteiger charge is -2.11. The molecule has 2 aromatic heterocycles. The number of aromatic nitrogens is 3. The monoisotopic (exact) mass is 367 g/mol. The zero-order chi connectivity index (χ0) is 19.3. The zero-order valence-corrected chi connectivity index (χ0v) is 14.0. The van der Waals surface area contributed by atoms with E-state index < -0.39 is 23.3 Å². The van der Waals surface area contributed by atoms with Gasteiger partial charge in [0, 0.05) is 6.07 Å². The highest BCUT2D eigenvalue weighted by Crippen LogP contribution is 2.24. The molecule has 0 spiro atoms. The summed E-state index contributed by atoms with van der Waals surface area (Å²) in [5.41, 5.74) is 6.65. The lowest BCUT2D eigenvalue weighted by atomic mass is 10.1.